The predicted molar refractivity (Wildman–Crippen MR) is 116 cm³/mol. The molecule has 0 aliphatic carbocycles. The number of alkyl halides is 3. The van der Waals surface area contributed by atoms with Crippen molar-refractivity contribution in [3.63, 3.8) is 0 Å². The summed E-state index contributed by atoms with van der Waals surface area (Å²) in [6.07, 6.45) is 0.125. The zero-order valence-electron chi connectivity index (χ0n) is 17.5. The van der Waals surface area contributed by atoms with E-state index in [1.807, 2.05) is 0 Å². The maximum absolute atomic E-state index is 14.9. The van der Waals surface area contributed by atoms with E-state index in [1.165, 1.54) is 0 Å². The van der Waals surface area contributed by atoms with Crippen LogP contribution in [0.15, 0.2) is 34.9 Å². The molecule has 0 radical (unpaired) electrons. The fraction of sp³-hybridized carbons (Fsp3) is 0.435. The lowest BCUT2D eigenvalue weighted by atomic mass is 9.86. The minimum Gasteiger partial charge on any atom is -0.356 e. The molecule has 176 valence electrons. The average Bonchev–Trinajstić information content (AvgIpc) is 3.18. The molecule has 2 aromatic carbocycles. The molecule has 10 heteroatoms. The van der Waals surface area contributed by atoms with E-state index in [0.717, 1.165) is 52.8 Å². The number of halogens is 6. The summed E-state index contributed by atoms with van der Waals surface area (Å²) in [5.74, 6) is -1.78. The molecule has 0 N–H and O–H groups in total. The molecule has 4 nitrogen and oxygen atoms in total. The zero-order valence-corrected chi connectivity index (χ0v) is 19.1. The Morgan fingerprint density at radius 1 is 1.12 bits per heavy atom. The van der Waals surface area contributed by atoms with Gasteiger partial charge in [0.1, 0.15) is 11.6 Å². The molecule has 1 saturated heterocycles. The molecule has 2 atom stereocenters. The monoisotopic (exact) mass is 529 g/mol. The Hall–Kier alpha value is -2.04. The van der Waals surface area contributed by atoms with Crippen LogP contribution in [0.5, 0.6) is 0 Å². The van der Waals surface area contributed by atoms with Gasteiger partial charge in [0.2, 0.25) is 0 Å². The molecular formula is C23H21BrF5N3O. The van der Waals surface area contributed by atoms with Gasteiger partial charge in [-0.05, 0) is 55.0 Å². The summed E-state index contributed by atoms with van der Waals surface area (Å²) in [6, 6.07) is 4.39. The first-order chi connectivity index (χ1) is 15.7. The maximum atomic E-state index is 14.9. The van der Waals surface area contributed by atoms with E-state index in [2.05, 4.69) is 21.0 Å². The second kappa shape index (κ2) is 8.63. The lowest BCUT2D eigenvalue weighted by molar-refractivity contribution is -0.150. The summed E-state index contributed by atoms with van der Waals surface area (Å²) in [4.78, 5) is 1.10. The number of benzene rings is 2. The Bertz CT molecular complexity index is 1170. The van der Waals surface area contributed by atoms with Gasteiger partial charge in [-0.1, -0.05) is 22.0 Å². The smallest absolute Gasteiger partial charge is 0.356 e. The molecule has 0 spiro atoms. The van der Waals surface area contributed by atoms with Crippen LogP contribution in [-0.4, -0.2) is 40.6 Å². The zero-order chi connectivity index (χ0) is 23.3. The van der Waals surface area contributed by atoms with Gasteiger partial charge in [0.05, 0.1) is 24.3 Å². The van der Waals surface area contributed by atoms with Crippen molar-refractivity contribution in [2.45, 2.75) is 44.1 Å². The second-order valence-corrected chi connectivity index (χ2v) is 9.41. The summed E-state index contributed by atoms with van der Waals surface area (Å²) < 4.78 is 77.8. The molecule has 0 saturated carbocycles. The molecule has 3 heterocycles. The van der Waals surface area contributed by atoms with Gasteiger partial charge < -0.3 is 4.74 Å². The summed E-state index contributed by atoms with van der Waals surface area (Å²) >= 11 is 3.04. The van der Waals surface area contributed by atoms with Gasteiger partial charge in [0.25, 0.3) is 0 Å². The van der Waals surface area contributed by atoms with Crippen LogP contribution < -0.4 is 0 Å². The maximum Gasteiger partial charge on any atom is 0.401 e. The third-order valence-electron chi connectivity index (χ3n) is 6.37. The van der Waals surface area contributed by atoms with E-state index in [4.69, 9.17) is 4.74 Å². The standard InChI is InChI=1S/C23H21BrF5N3O/c24-13-9-17(25)21(18(26)10-13)22-15-4-5-19-16(11-30-32(19)20-3-1-2-8-33-20)14(15)6-7-31(22)12-23(27,28)29/h4-5,9-11,20,22H,1-3,6-8,12H2. The van der Waals surface area contributed by atoms with Crippen LogP contribution >= 0.6 is 15.9 Å². The Labute approximate surface area is 195 Å². The summed E-state index contributed by atoms with van der Waals surface area (Å²) in [7, 11) is 0. The van der Waals surface area contributed by atoms with Crippen molar-refractivity contribution in [2.24, 2.45) is 0 Å². The van der Waals surface area contributed by atoms with E-state index in [-0.39, 0.29) is 22.8 Å². The van der Waals surface area contributed by atoms with Crippen LogP contribution in [-0.2, 0) is 11.2 Å². The highest BCUT2D eigenvalue weighted by atomic mass is 79.9. The second-order valence-electron chi connectivity index (χ2n) is 8.50. The molecule has 1 fully saturated rings. The third-order valence-corrected chi connectivity index (χ3v) is 6.82. The van der Waals surface area contributed by atoms with Crippen molar-refractivity contribution in [1.82, 2.24) is 14.7 Å². The molecule has 5 rings (SSSR count). The largest absolute Gasteiger partial charge is 0.401 e. The minimum atomic E-state index is -4.51. The van der Waals surface area contributed by atoms with E-state index in [9.17, 15) is 22.0 Å². The normalized spacial score (nSPS) is 22.0. The number of hydrogen-bond donors (Lipinski definition) is 0. The van der Waals surface area contributed by atoms with Crippen molar-refractivity contribution in [3.8, 4) is 0 Å². The van der Waals surface area contributed by atoms with Crippen LogP contribution in [0.25, 0.3) is 10.9 Å². The van der Waals surface area contributed by atoms with Crippen LogP contribution in [0.3, 0.4) is 0 Å². The first-order valence-corrected chi connectivity index (χ1v) is 11.6. The van der Waals surface area contributed by atoms with Crippen LogP contribution in [0.1, 0.15) is 48.2 Å². The number of fused-ring (bicyclic) bond motifs is 3. The molecule has 33 heavy (non-hydrogen) atoms. The van der Waals surface area contributed by atoms with E-state index < -0.39 is 30.4 Å². The third kappa shape index (κ3) is 4.28. The molecule has 3 aromatic rings. The predicted octanol–water partition coefficient (Wildman–Crippen LogP) is 6.29. The molecular weight excluding hydrogens is 509 g/mol. The van der Waals surface area contributed by atoms with Gasteiger partial charge in [-0.3, -0.25) is 4.90 Å². The fourth-order valence-corrected chi connectivity index (χ4v) is 5.41. The highest BCUT2D eigenvalue weighted by molar-refractivity contribution is 9.10. The van der Waals surface area contributed by atoms with E-state index in [0.29, 0.717) is 18.6 Å². The lowest BCUT2D eigenvalue weighted by Gasteiger charge is -2.38. The van der Waals surface area contributed by atoms with Crippen molar-refractivity contribution >= 4 is 26.8 Å². The quantitative estimate of drug-likeness (QED) is 0.374. The van der Waals surface area contributed by atoms with E-state index in [1.54, 1.807) is 23.0 Å². The Kier molecular flexibility index (Phi) is 5.95. The van der Waals surface area contributed by atoms with Crippen molar-refractivity contribution in [2.75, 3.05) is 19.7 Å². The van der Waals surface area contributed by atoms with Crippen molar-refractivity contribution < 1.29 is 26.7 Å². The fourth-order valence-electron chi connectivity index (χ4n) is 5.01. The SMILES string of the molecule is Fc1cc(Br)cc(F)c1C1c2ccc3c(cnn3C3CCCCO3)c2CCN1CC(F)(F)F. The molecule has 2 aliphatic heterocycles. The van der Waals surface area contributed by atoms with Gasteiger partial charge in [-0.25, -0.2) is 13.5 Å². The van der Waals surface area contributed by atoms with Gasteiger partial charge in [0.15, 0.2) is 6.23 Å². The molecule has 1 aromatic heterocycles. The van der Waals surface area contributed by atoms with Crippen LogP contribution in [0.4, 0.5) is 22.0 Å². The number of hydrogen-bond acceptors (Lipinski definition) is 3. The Balaban J connectivity index is 1.65. The van der Waals surface area contributed by atoms with Gasteiger partial charge in [0, 0.05) is 28.6 Å². The minimum absolute atomic E-state index is 0.0103. The first kappa shape index (κ1) is 22.7. The van der Waals surface area contributed by atoms with Gasteiger partial charge >= 0.3 is 6.18 Å². The average molecular weight is 530 g/mol. The molecule has 0 amide bonds. The molecule has 2 unspecified atom stereocenters. The summed E-state index contributed by atoms with van der Waals surface area (Å²) in [6.45, 7) is -0.608. The molecule has 0 bridgehead atoms. The van der Waals surface area contributed by atoms with Gasteiger partial charge in [-0.15, -0.1) is 0 Å². The topological polar surface area (TPSA) is 30.3 Å². The van der Waals surface area contributed by atoms with Crippen molar-refractivity contribution in [3.05, 3.63) is 63.3 Å². The Morgan fingerprint density at radius 2 is 1.88 bits per heavy atom. The van der Waals surface area contributed by atoms with Crippen LogP contribution in [0, 0.1) is 11.6 Å². The first-order valence-electron chi connectivity index (χ1n) is 10.8. The van der Waals surface area contributed by atoms with Crippen LogP contribution in [0.2, 0.25) is 0 Å². The number of nitrogens with zero attached hydrogens (tertiary/aromatic N) is 3. The number of ether oxygens (including phenoxy) is 1. The lowest BCUT2D eigenvalue weighted by Crippen LogP contribution is -2.42. The molecule has 2 aliphatic rings. The van der Waals surface area contributed by atoms with Crippen molar-refractivity contribution in [1.29, 1.82) is 0 Å². The summed E-state index contributed by atoms with van der Waals surface area (Å²) in [5, 5.41) is 5.27. The number of aromatic nitrogens is 2. The Morgan fingerprint density at radius 3 is 2.55 bits per heavy atom. The summed E-state index contributed by atoms with van der Waals surface area (Å²) in [5.41, 5.74) is 1.65. The van der Waals surface area contributed by atoms with E-state index >= 15 is 0 Å². The number of rotatable bonds is 3. The highest BCUT2D eigenvalue weighted by Gasteiger charge is 2.40. The van der Waals surface area contributed by atoms with Gasteiger partial charge in [-0.2, -0.15) is 18.3 Å². The highest BCUT2D eigenvalue weighted by Crippen LogP contribution is 2.42.